The summed E-state index contributed by atoms with van der Waals surface area (Å²) in [6, 6.07) is 3.14. The number of hydrogen-bond acceptors (Lipinski definition) is 6. The maximum absolute atomic E-state index is 11.5. The van der Waals surface area contributed by atoms with E-state index in [1.165, 1.54) is 0 Å². The predicted octanol–water partition coefficient (Wildman–Crippen LogP) is 1.11. The van der Waals surface area contributed by atoms with Crippen molar-refractivity contribution in [2.24, 2.45) is 0 Å². The van der Waals surface area contributed by atoms with Gasteiger partial charge in [-0.1, -0.05) is 11.8 Å². The zero-order valence-electron chi connectivity index (χ0n) is 9.84. The molecule has 0 saturated carbocycles. The van der Waals surface area contributed by atoms with Crippen molar-refractivity contribution in [3.63, 3.8) is 0 Å². The molecule has 0 unspecified atom stereocenters. The fraction of sp³-hybridized carbons (Fsp3) is 0.200. The summed E-state index contributed by atoms with van der Waals surface area (Å²) in [5, 5.41) is 26.4. The minimum Gasteiger partial charge on any atom is -0.871 e. The molecule has 0 radical (unpaired) electrons. The van der Waals surface area contributed by atoms with E-state index in [9.17, 15) is 20.0 Å². The molecule has 102 valence electrons. The largest absolute Gasteiger partial charge is 0.871 e. The van der Waals surface area contributed by atoms with Crippen molar-refractivity contribution in [2.45, 2.75) is 6.92 Å². The second-order valence-corrected chi connectivity index (χ2v) is 3.65. The lowest BCUT2D eigenvalue weighted by molar-refractivity contribution is -0.385. The van der Waals surface area contributed by atoms with E-state index in [4.69, 9.17) is 12.2 Å². The number of ether oxygens (including phenoxy) is 1. The van der Waals surface area contributed by atoms with E-state index in [-0.39, 0.29) is 23.1 Å². The summed E-state index contributed by atoms with van der Waals surface area (Å²) in [5.41, 5.74) is -0.364. The van der Waals surface area contributed by atoms with E-state index < -0.39 is 16.8 Å². The fourth-order valence-corrected chi connectivity index (χ4v) is 1.34. The molecule has 8 nitrogen and oxygen atoms in total. The number of carbonyl (C=O) groups is 1. The van der Waals surface area contributed by atoms with Gasteiger partial charge in [-0.2, -0.15) is 0 Å². The van der Waals surface area contributed by atoms with Crippen LogP contribution in [0, 0.1) is 10.1 Å². The summed E-state index contributed by atoms with van der Waals surface area (Å²) in [7, 11) is 0. The number of non-ortho nitro benzene ring substituents is 1. The first-order valence-electron chi connectivity index (χ1n) is 5.14. The van der Waals surface area contributed by atoms with Crippen LogP contribution in [-0.2, 0) is 4.74 Å². The van der Waals surface area contributed by atoms with Gasteiger partial charge in [0.05, 0.1) is 11.5 Å². The Bertz CT molecular complexity index is 520. The van der Waals surface area contributed by atoms with Crippen molar-refractivity contribution >= 4 is 34.8 Å². The number of anilines is 1. The van der Waals surface area contributed by atoms with Gasteiger partial charge in [0, 0.05) is 17.8 Å². The first-order chi connectivity index (χ1) is 8.93. The van der Waals surface area contributed by atoms with E-state index in [2.05, 4.69) is 15.4 Å². The van der Waals surface area contributed by atoms with Gasteiger partial charge in [-0.15, -0.1) is 0 Å². The number of nitro groups is 1. The molecule has 0 bridgehead atoms. The molecule has 19 heavy (non-hydrogen) atoms. The number of rotatable bonds is 3. The quantitative estimate of drug-likeness (QED) is 0.485. The third kappa shape index (κ3) is 4.39. The summed E-state index contributed by atoms with van der Waals surface area (Å²) in [4.78, 5) is 21.0. The summed E-state index contributed by atoms with van der Waals surface area (Å²) >= 11 is 4.76. The Hall–Kier alpha value is -2.42. The van der Waals surface area contributed by atoms with Crippen LogP contribution < -0.4 is 15.7 Å². The Labute approximate surface area is 113 Å². The average Bonchev–Trinajstić information content (AvgIpc) is 2.31. The normalized spacial score (nSPS) is 9.53. The molecule has 1 amide bonds. The number of carbonyl (C=O) groups excluding carboxylic acids is 1. The zero-order chi connectivity index (χ0) is 14.4. The van der Waals surface area contributed by atoms with Crippen molar-refractivity contribution < 1.29 is 19.6 Å². The smallest absolute Gasteiger partial charge is 0.413 e. The van der Waals surface area contributed by atoms with Crippen molar-refractivity contribution in [3.8, 4) is 5.75 Å². The number of nitro benzene ring substituents is 1. The van der Waals surface area contributed by atoms with Crippen LogP contribution in [0.25, 0.3) is 0 Å². The second-order valence-electron chi connectivity index (χ2n) is 3.24. The highest BCUT2D eigenvalue weighted by Crippen LogP contribution is 2.25. The molecule has 0 aliphatic carbocycles. The SMILES string of the molecule is CCOC(=O)NC(=S)Nc1cc([N+](=O)[O-])ccc1[O-]. The Morgan fingerprint density at radius 3 is 2.79 bits per heavy atom. The fourth-order valence-electron chi connectivity index (χ4n) is 1.14. The molecule has 9 heteroatoms. The van der Waals surface area contributed by atoms with Gasteiger partial charge in [0.1, 0.15) is 0 Å². The third-order valence-electron chi connectivity index (χ3n) is 1.91. The molecule has 0 heterocycles. The van der Waals surface area contributed by atoms with Crippen LogP contribution in [0.5, 0.6) is 5.75 Å². The molecule has 1 rings (SSSR count). The van der Waals surface area contributed by atoms with Gasteiger partial charge in [-0.25, -0.2) is 4.79 Å². The maximum Gasteiger partial charge on any atom is 0.413 e. The molecule has 0 saturated heterocycles. The molecular formula is C10H10N3O5S-. The number of amides is 1. The number of nitrogens with one attached hydrogen (secondary N) is 2. The molecular weight excluding hydrogens is 274 g/mol. The number of thiocarbonyl (C=S) groups is 1. The van der Waals surface area contributed by atoms with Gasteiger partial charge in [0.2, 0.25) is 0 Å². The molecule has 0 atom stereocenters. The molecule has 2 N–H and O–H groups in total. The van der Waals surface area contributed by atoms with Crippen LogP contribution in [0.4, 0.5) is 16.2 Å². The number of nitrogens with zero attached hydrogens (tertiary/aromatic N) is 1. The van der Waals surface area contributed by atoms with Crippen LogP contribution >= 0.6 is 12.2 Å². The first-order valence-corrected chi connectivity index (χ1v) is 5.55. The van der Waals surface area contributed by atoms with E-state index >= 15 is 0 Å². The lowest BCUT2D eigenvalue weighted by atomic mass is 10.2. The molecule has 0 aliphatic rings. The molecule has 0 aliphatic heterocycles. The van der Waals surface area contributed by atoms with Crippen LogP contribution in [0.1, 0.15) is 6.92 Å². The van der Waals surface area contributed by atoms with Gasteiger partial charge in [-0.05, 0) is 19.1 Å². The highest BCUT2D eigenvalue weighted by Gasteiger charge is 2.09. The van der Waals surface area contributed by atoms with E-state index in [1.54, 1.807) is 6.92 Å². The van der Waals surface area contributed by atoms with Gasteiger partial charge >= 0.3 is 6.09 Å². The highest BCUT2D eigenvalue weighted by molar-refractivity contribution is 7.80. The van der Waals surface area contributed by atoms with Crippen molar-refractivity contribution in [1.29, 1.82) is 0 Å². The standard InChI is InChI=1S/C10H11N3O5S/c1-2-18-10(15)12-9(19)11-7-5-6(13(16)17)3-4-8(7)14/h3-5,14H,2H2,1H3,(H2,11,12,15,19)/p-1. The summed E-state index contributed by atoms with van der Waals surface area (Å²) in [6.45, 7) is 1.78. The number of benzene rings is 1. The average molecular weight is 284 g/mol. The third-order valence-corrected chi connectivity index (χ3v) is 2.12. The molecule has 1 aromatic rings. The van der Waals surface area contributed by atoms with E-state index in [1.807, 2.05) is 0 Å². The molecule has 0 spiro atoms. The van der Waals surface area contributed by atoms with E-state index in [0.29, 0.717) is 0 Å². The monoisotopic (exact) mass is 284 g/mol. The van der Waals surface area contributed by atoms with Crippen molar-refractivity contribution in [1.82, 2.24) is 5.32 Å². The van der Waals surface area contributed by atoms with Crippen molar-refractivity contribution in [3.05, 3.63) is 28.3 Å². The Kier molecular flexibility index (Phi) is 5.01. The van der Waals surface area contributed by atoms with Crippen LogP contribution in [-0.4, -0.2) is 22.7 Å². The van der Waals surface area contributed by atoms with Crippen molar-refractivity contribution in [2.75, 3.05) is 11.9 Å². The summed E-state index contributed by atoms with van der Waals surface area (Å²) in [5.74, 6) is -0.487. The van der Waals surface area contributed by atoms with E-state index in [0.717, 1.165) is 18.2 Å². The Morgan fingerprint density at radius 1 is 1.53 bits per heavy atom. The van der Waals surface area contributed by atoms with Crippen LogP contribution in [0.15, 0.2) is 18.2 Å². The summed E-state index contributed by atoms with van der Waals surface area (Å²) in [6.07, 6.45) is -0.780. The lowest BCUT2D eigenvalue weighted by Crippen LogP contribution is -2.34. The van der Waals surface area contributed by atoms with Crippen LogP contribution in [0.3, 0.4) is 0 Å². The Balaban J connectivity index is 2.76. The number of hydrogen-bond donors (Lipinski definition) is 2. The maximum atomic E-state index is 11.5. The zero-order valence-corrected chi connectivity index (χ0v) is 10.7. The predicted molar refractivity (Wildman–Crippen MR) is 68.9 cm³/mol. The minimum absolute atomic E-state index is 0.101. The second kappa shape index (κ2) is 6.50. The van der Waals surface area contributed by atoms with Gasteiger partial charge in [0.15, 0.2) is 5.11 Å². The summed E-state index contributed by atoms with van der Waals surface area (Å²) < 4.78 is 4.58. The van der Waals surface area contributed by atoms with Gasteiger partial charge in [-0.3, -0.25) is 15.4 Å². The molecule has 0 fully saturated rings. The molecule has 1 aromatic carbocycles. The number of alkyl carbamates (subject to hydrolysis) is 1. The minimum atomic E-state index is -0.780. The molecule has 0 aromatic heterocycles. The van der Waals surface area contributed by atoms with Gasteiger partial charge in [0.25, 0.3) is 5.69 Å². The lowest BCUT2D eigenvalue weighted by Gasteiger charge is -2.15. The van der Waals surface area contributed by atoms with Gasteiger partial charge < -0.3 is 15.2 Å². The topological polar surface area (TPSA) is 117 Å². The first kappa shape index (κ1) is 14.6. The Morgan fingerprint density at radius 2 is 2.21 bits per heavy atom. The van der Waals surface area contributed by atoms with Crippen LogP contribution in [0.2, 0.25) is 0 Å². The highest BCUT2D eigenvalue weighted by atomic mass is 32.1.